The summed E-state index contributed by atoms with van der Waals surface area (Å²) in [6.45, 7) is -0.459. The van der Waals surface area contributed by atoms with Crippen molar-refractivity contribution in [1.82, 2.24) is 0 Å². The summed E-state index contributed by atoms with van der Waals surface area (Å²) in [6.07, 6.45) is -5.20. The van der Waals surface area contributed by atoms with Crippen LogP contribution in [0.1, 0.15) is 12.0 Å². The Morgan fingerprint density at radius 1 is 1.29 bits per heavy atom. The third kappa shape index (κ3) is 3.29. The van der Waals surface area contributed by atoms with Gasteiger partial charge in [0.05, 0.1) is 10.6 Å². The average Bonchev–Trinajstić information content (AvgIpc) is 2.69. The molecule has 1 heterocycles. The fourth-order valence-corrected chi connectivity index (χ4v) is 2.97. The number of alkyl halides is 3. The minimum absolute atomic E-state index is 0.0100. The first-order chi connectivity index (χ1) is 9.50. The molecule has 1 saturated heterocycles. The maximum atomic E-state index is 12.9. The standard InChI is InChI=1S/C11H8ClF4NO3S/c12-9-3-6(1-2-8(9)11(13,14)15)17-5-7(4-10(17)18)21(16,19)20/h1-3,7H,4-5H2. The molecular formula is C11H8ClF4NO3S. The molecule has 1 aromatic rings. The van der Waals surface area contributed by atoms with Crippen LogP contribution in [-0.4, -0.2) is 26.1 Å². The molecule has 1 aliphatic heterocycles. The van der Waals surface area contributed by atoms with Crippen LogP contribution in [0.5, 0.6) is 0 Å². The van der Waals surface area contributed by atoms with Gasteiger partial charge in [-0.1, -0.05) is 11.6 Å². The summed E-state index contributed by atoms with van der Waals surface area (Å²) in [5.41, 5.74) is -1.08. The highest BCUT2D eigenvalue weighted by molar-refractivity contribution is 7.87. The van der Waals surface area contributed by atoms with E-state index in [1.165, 1.54) is 0 Å². The number of amides is 1. The molecule has 1 fully saturated rings. The fourth-order valence-electron chi connectivity index (χ4n) is 2.01. The molecule has 1 unspecified atom stereocenters. The molecule has 0 bridgehead atoms. The Hall–Kier alpha value is -1.35. The summed E-state index contributed by atoms with van der Waals surface area (Å²) >= 11 is 5.52. The molecule has 0 radical (unpaired) electrons. The van der Waals surface area contributed by atoms with Crippen LogP contribution in [0, 0.1) is 0 Å². The molecule has 0 aromatic heterocycles. The quantitative estimate of drug-likeness (QED) is 0.612. The van der Waals surface area contributed by atoms with E-state index in [-0.39, 0.29) is 5.69 Å². The molecule has 4 nitrogen and oxygen atoms in total. The van der Waals surface area contributed by atoms with Crippen molar-refractivity contribution >= 4 is 33.4 Å². The third-order valence-electron chi connectivity index (χ3n) is 3.06. The van der Waals surface area contributed by atoms with Crippen molar-refractivity contribution in [3.63, 3.8) is 0 Å². The van der Waals surface area contributed by atoms with Gasteiger partial charge in [0.2, 0.25) is 5.91 Å². The van der Waals surface area contributed by atoms with Crippen molar-refractivity contribution in [3.05, 3.63) is 28.8 Å². The first kappa shape index (κ1) is 16.0. The van der Waals surface area contributed by atoms with Crippen LogP contribution >= 0.6 is 11.6 Å². The lowest BCUT2D eigenvalue weighted by Gasteiger charge is -2.18. The number of halogens is 5. The lowest BCUT2D eigenvalue weighted by Crippen LogP contribution is -2.27. The van der Waals surface area contributed by atoms with Crippen molar-refractivity contribution in [2.75, 3.05) is 11.4 Å². The van der Waals surface area contributed by atoms with Crippen molar-refractivity contribution in [2.24, 2.45) is 0 Å². The maximum absolute atomic E-state index is 12.9. The van der Waals surface area contributed by atoms with Crippen molar-refractivity contribution in [3.8, 4) is 0 Å². The van der Waals surface area contributed by atoms with Crippen molar-refractivity contribution in [1.29, 1.82) is 0 Å². The summed E-state index contributed by atoms with van der Waals surface area (Å²) in [4.78, 5) is 12.6. The Morgan fingerprint density at radius 3 is 2.33 bits per heavy atom. The first-order valence-corrected chi connectivity index (χ1v) is 7.43. The Kier molecular flexibility index (Phi) is 3.92. The summed E-state index contributed by atoms with van der Waals surface area (Å²) in [7, 11) is -4.89. The van der Waals surface area contributed by atoms with Gasteiger partial charge in [0.25, 0.3) is 0 Å². The molecule has 1 amide bonds. The van der Waals surface area contributed by atoms with E-state index in [0.717, 1.165) is 17.0 Å². The first-order valence-electron chi connectivity index (χ1n) is 5.60. The third-order valence-corrected chi connectivity index (χ3v) is 4.48. The zero-order valence-corrected chi connectivity index (χ0v) is 11.8. The van der Waals surface area contributed by atoms with Gasteiger partial charge in [-0.25, -0.2) is 0 Å². The molecule has 1 aliphatic rings. The van der Waals surface area contributed by atoms with E-state index in [4.69, 9.17) is 11.6 Å². The SMILES string of the molecule is O=C1CC(S(=O)(=O)F)CN1c1ccc(C(F)(F)F)c(Cl)c1. The minimum atomic E-state index is -4.89. The molecule has 21 heavy (non-hydrogen) atoms. The molecule has 0 aliphatic carbocycles. The lowest BCUT2D eigenvalue weighted by atomic mass is 10.2. The number of rotatable bonds is 2. The van der Waals surface area contributed by atoms with E-state index in [1.807, 2.05) is 0 Å². The van der Waals surface area contributed by atoms with Gasteiger partial charge in [0.15, 0.2) is 0 Å². The van der Waals surface area contributed by atoms with E-state index in [1.54, 1.807) is 0 Å². The van der Waals surface area contributed by atoms with Gasteiger partial charge in [-0.3, -0.25) is 4.79 Å². The molecule has 116 valence electrons. The van der Waals surface area contributed by atoms with Gasteiger partial charge in [0, 0.05) is 18.7 Å². The van der Waals surface area contributed by atoms with E-state index >= 15 is 0 Å². The Labute approximate surface area is 122 Å². The van der Waals surface area contributed by atoms with Crippen LogP contribution in [0.4, 0.5) is 22.7 Å². The van der Waals surface area contributed by atoms with Crippen LogP contribution in [0.3, 0.4) is 0 Å². The van der Waals surface area contributed by atoms with Crippen LogP contribution in [0.2, 0.25) is 5.02 Å². The molecule has 1 aromatic carbocycles. The predicted molar refractivity (Wildman–Crippen MR) is 67.2 cm³/mol. The normalized spacial score (nSPS) is 20.1. The molecule has 10 heteroatoms. The Balaban J connectivity index is 2.32. The van der Waals surface area contributed by atoms with Gasteiger partial charge in [-0.2, -0.15) is 21.6 Å². The fraction of sp³-hybridized carbons (Fsp3) is 0.364. The second kappa shape index (κ2) is 5.13. The summed E-state index contributed by atoms with van der Waals surface area (Å²) in [5, 5.41) is -2.15. The molecule has 0 N–H and O–H groups in total. The number of carbonyl (C=O) groups excluding carboxylic acids is 1. The number of anilines is 1. The topological polar surface area (TPSA) is 54.5 Å². The Morgan fingerprint density at radius 2 is 1.90 bits per heavy atom. The largest absolute Gasteiger partial charge is 0.417 e. The number of benzene rings is 1. The monoisotopic (exact) mass is 345 g/mol. The Bertz CT molecular complexity index is 689. The molecule has 0 spiro atoms. The zero-order chi connectivity index (χ0) is 16.0. The molecule has 1 atom stereocenters. The highest BCUT2D eigenvalue weighted by Crippen LogP contribution is 2.37. The average molecular weight is 346 g/mol. The van der Waals surface area contributed by atoms with Gasteiger partial charge in [-0.15, -0.1) is 3.89 Å². The maximum Gasteiger partial charge on any atom is 0.417 e. The van der Waals surface area contributed by atoms with Crippen LogP contribution < -0.4 is 4.90 Å². The predicted octanol–water partition coefficient (Wildman–Crippen LogP) is 2.76. The minimum Gasteiger partial charge on any atom is -0.311 e. The van der Waals surface area contributed by atoms with Gasteiger partial charge in [0.1, 0.15) is 5.25 Å². The highest BCUT2D eigenvalue weighted by Gasteiger charge is 2.40. The summed E-state index contributed by atoms with van der Waals surface area (Å²) < 4.78 is 72.1. The van der Waals surface area contributed by atoms with Gasteiger partial charge < -0.3 is 4.90 Å². The van der Waals surface area contributed by atoms with E-state index in [2.05, 4.69) is 0 Å². The number of nitrogens with zero attached hydrogens (tertiary/aromatic N) is 1. The second-order valence-electron chi connectivity index (χ2n) is 4.47. The van der Waals surface area contributed by atoms with Gasteiger partial charge >= 0.3 is 16.4 Å². The summed E-state index contributed by atoms with van der Waals surface area (Å²) in [5.74, 6) is -0.697. The van der Waals surface area contributed by atoms with Crippen LogP contribution in [-0.2, 0) is 21.2 Å². The highest BCUT2D eigenvalue weighted by atomic mass is 35.5. The van der Waals surface area contributed by atoms with Crippen molar-refractivity contribution < 1.29 is 30.3 Å². The van der Waals surface area contributed by atoms with E-state index in [0.29, 0.717) is 6.07 Å². The zero-order valence-electron chi connectivity index (χ0n) is 10.2. The molecular weight excluding hydrogens is 338 g/mol. The molecule has 0 saturated carbocycles. The van der Waals surface area contributed by atoms with Crippen molar-refractivity contribution in [2.45, 2.75) is 17.8 Å². The van der Waals surface area contributed by atoms with E-state index in [9.17, 15) is 30.3 Å². The number of hydrogen-bond donors (Lipinski definition) is 0. The lowest BCUT2D eigenvalue weighted by molar-refractivity contribution is -0.137. The number of hydrogen-bond acceptors (Lipinski definition) is 3. The summed E-state index contributed by atoms with van der Waals surface area (Å²) in [6, 6.07) is 2.57. The van der Waals surface area contributed by atoms with E-state index < -0.39 is 51.1 Å². The van der Waals surface area contributed by atoms with Crippen LogP contribution in [0.15, 0.2) is 18.2 Å². The number of carbonyl (C=O) groups is 1. The molecule has 2 rings (SSSR count). The van der Waals surface area contributed by atoms with Crippen LogP contribution in [0.25, 0.3) is 0 Å². The second-order valence-corrected chi connectivity index (χ2v) is 6.49. The smallest absolute Gasteiger partial charge is 0.311 e. The van der Waals surface area contributed by atoms with Gasteiger partial charge in [-0.05, 0) is 18.2 Å².